The van der Waals surface area contributed by atoms with Crippen LogP contribution in [0.5, 0.6) is 17.2 Å². The molecule has 0 aliphatic rings. The Hall–Kier alpha value is -1.51. The van der Waals surface area contributed by atoms with Crippen LogP contribution < -0.4 is 9.47 Å². The SMILES string of the molecule is COc1cc(C#N)ccc1Oc1ccc(Br)cc1CBr. The molecule has 0 atom stereocenters. The summed E-state index contributed by atoms with van der Waals surface area (Å²) in [5, 5.41) is 9.57. The normalized spacial score (nSPS) is 9.90. The Morgan fingerprint density at radius 2 is 1.85 bits per heavy atom. The number of nitriles is 1. The maximum Gasteiger partial charge on any atom is 0.169 e. The molecule has 0 unspecified atom stereocenters. The first-order chi connectivity index (χ1) is 9.67. The van der Waals surface area contributed by atoms with Crippen molar-refractivity contribution in [2.24, 2.45) is 0 Å². The molecule has 0 aliphatic heterocycles. The number of rotatable bonds is 4. The lowest BCUT2D eigenvalue weighted by Gasteiger charge is -2.13. The molecule has 0 saturated heterocycles. The van der Waals surface area contributed by atoms with Crippen molar-refractivity contribution in [2.75, 3.05) is 7.11 Å². The van der Waals surface area contributed by atoms with Crippen LogP contribution >= 0.6 is 31.9 Å². The van der Waals surface area contributed by atoms with Crippen LogP contribution in [0.25, 0.3) is 0 Å². The molecule has 2 rings (SSSR count). The molecule has 3 nitrogen and oxygen atoms in total. The van der Waals surface area contributed by atoms with Gasteiger partial charge >= 0.3 is 0 Å². The highest BCUT2D eigenvalue weighted by Gasteiger charge is 2.10. The van der Waals surface area contributed by atoms with Gasteiger partial charge in [-0.3, -0.25) is 0 Å². The minimum absolute atomic E-state index is 0.533. The predicted molar refractivity (Wildman–Crippen MR) is 84.6 cm³/mol. The van der Waals surface area contributed by atoms with Crippen molar-refractivity contribution in [3.8, 4) is 23.3 Å². The van der Waals surface area contributed by atoms with Crippen molar-refractivity contribution >= 4 is 31.9 Å². The number of methoxy groups -OCH3 is 1. The number of hydrogen-bond acceptors (Lipinski definition) is 3. The van der Waals surface area contributed by atoms with E-state index in [1.165, 1.54) is 0 Å². The predicted octanol–water partition coefficient (Wildman–Crippen LogP) is 5.02. The number of hydrogen-bond donors (Lipinski definition) is 0. The van der Waals surface area contributed by atoms with Gasteiger partial charge in [0, 0.05) is 21.4 Å². The van der Waals surface area contributed by atoms with Gasteiger partial charge in [0.15, 0.2) is 11.5 Å². The molecule has 0 amide bonds. The second kappa shape index (κ2) is 6.78. The minimum Gasteiger partial charge on any atom is -0.493 e. The highest BCUT2D eigenvalue weighted by atomic mass is 79.9. The van der Waals surface area contributed by atoms with E-state index in [0.29, 0.717) is 22.4 Å². The number of ether oxygens (including phenoxy) is 2. The Balaban J connectivity index is 2.37. The first-order valence-corrected chi connectivity index (χ1v) is 7.69. The fourth-order valence-electron chi connectivity index (χ4n) is 1.69. The van der Waals surface area contributed by atoms with Crippen molar-refractivity contribution in [3.05, 3.63) is 52.0 Å². The number of halogens is 2. The summed E-state index contributed by atoms with van der Waals surface area (Å²) < 4.78 is 12.1. The van der Waals surface area contributed by atoms with Gasteiger partial charge in [0.25, 0.3) is 0 Å². The van der Waals surface area contributed by atoms with E-state index < -0.39 is 0 Å². The van der Waals surface area contributed by atoms with E-state index in [-0.39, 0.29) is 0 Å². The highest BCUT2D eigenvalue weighted by Crippen LogP contribution is 2.35. The van der Waals surface area contributed by atoms with Crippen LogP contribution in [0, 0.1) is 11.3 Å². The van der Waals surface area contributed by atoms with Gasteiger partial charge in [-0.1, -0.05) is 31.9 Å². The fourth-order valence-corrected chi connectivity index (χ4v) is 2.54. The zero-order valence-corrected chi connectivity index (χ0v) is 13.9. The van der Waals surface area contributed by atoms with Crippen molar-refractivity contribution in [3.63, 3.8) is 0 Å². The third kappa shape index (κ3) is 3.33. The Morgan fingerprint density at radius 1 is 1.10 bits per heavy atom. The molecule has 102 valence electrons. The molecule has 0 heterocycles. The highest BCUT2D eigenvalue weighted by molar-refractivity contribution is 9.10. The van der Waals surface area contributed by atoms with E-state index in [1.54, 1.807) is 25.3 Å². The third-order valence-corrected chi connectivity index (χ3v) is 3.78. The molecular formula is C15H11Br2NO2. The van der Waals surface area contributed by atoms with Gasteiger partial charge in [-0.15, -0.1) is 0 Å². The van der Waals surface area contributed by atoms with E-state index in [0.717, 1.165) is 15.8 Å². The lowest BCUT2D eigenvalue weighted by molar-refractivity contribution is 0.378. The maximum atomic E-state index is 8.89. The summed E-state index contributed by atoms with van der Waals surface area (Å²) in [6.07, 6.45) is 0. The quantitative estimate of drug-likeness (QED) is 0.681. The lowest BCUT2D eigenvalue weighted by Crippen LogP contribution is -1.93. The van der Waals surface area contributed by atoms with Crippen LogP contribution in [0.4, 0.5) is 0 Å². The summed E-state index contributed by atoms with van der Waals surface area (Å²) in [7, 11) is 1.55. The molecule has 0 N–H and O–H groups in total. The molecule has 0 aliphatic carbocycles. The Kier molecular flexibility index (Phi) is 5.05. The fraction of sp³-hybridized carbons (Fsp3) is 0.133. The third-order valence-electron chi connectivity index (χ3n) is 2.68. The summed E-state index contributed by atoms with van der Waals surface area (Å²) in [5.74, 6) is 1.86. The van der Waals surface area contributed by atoms with Crippen molar-refractivity contribution < 1.29 is 9.47 Å². The Morgan fingerprint density at radius 3 is 2.50 bits per heavy atom. The first kappa shape index (κ1) is 14.9. The molecule has 5 heteroatoms. The maximum absolute atomic E-state index is 8.89. The van der Waals surface area contributed by atoms with Crippen LogP contribution in [0.15, 0.2) is 40.9 Å². The van der Waals surface area contributed by atoms with Crippen molar-refractivity contribution in [1.82, 2.24) is 0 Å². The van der Waals surface area contributed by atoms with Crippen LogP contribution in [-0.2, 0) is 5.33 Å². The summed E-state index contributed by atoms with van der Waals surface area (Å²) in [6, 6.07) is 12.9. The minimum atomic E-state index is 0.533. The zero-order chi connectivity index (χ0) is 14.5. The molecule has 0 spiro atoms. The van der Waals surface area contributed by atoms with Gasteiger partial charge in [0.2, 0.25) is 0 Å². The van der Waals surface area contributed by atoms with Crippen LogP contribution in [0.3, 0.4) is 0 Å². The van der Waals surface area contributed by atoms with Gasteiger partial charge in [-0.25, -0.2) is 0 Å². The number of alkyl halides is 1. The molecule has 0 bridgehead atoms. The standard InChI is InChI=1S/C15H11Br2NO2/c1-19-15-6-10(9-18)2-4-14(15)20-13-5-3-12(17)7-11(13)8-16/h2-7H,8H2,1H3. The molecule has 0 saturated carbocycles. The van der Waals surface area contributed by atoms with Gasteiger partial charge in [0.1, 0.15) is 5.75 Å². The van der Waals surface area contributed by atoms with E-state index >= 15 is 0 Å². The molecule has 0 aromatic heterocycles. The van der Waals surface area contributed by atoms with E-state index in [2.05, 4.69) is 37.9 Å². The van der Waals surface area contributed by atoms with Gasteiger partial charge in [0.05, 0.1) is 18.7 Å². The second-order valence-electron chi connectivity index (χ2n) is 3.97. The molecule has 2 aromatic rings. The molecule has 0 fully saturated rings. The number of nitrogens with zero attached hydrogens (tertiary/aromatic N) is 1. The Labute approximate surface area is 134 Å². The second-order valence-corrected chi connectivity index (χ2v) is 5.44. The lowest BCUT2D eigenvalue weighted by atomic mass is 10.2. The first-order valence-electron chi connectivity index (χ1n) is 5.78. The molecule has 20 heavy (non-hydrogen) atoms. The number of benzene rings is 2. The summed E-state index contributed by atoms with van der Waals surface area (Å²) in [5.41, 5.74) is 1.55. The largest absolute Gasteiger partial charge is 0.493 e. The molecule has 0 radical (unpaired) electrons. The average molecular weight is 397 g/mol. The van der Waals surface area contributed by atoms with Gasteiger partial charge < -0.3 is 9.47 Å². The van der Waals surface area contributed by atoms with E-state index in [1.807, 2.05) is 18.2 Å². The molecule has 2 aromatic carbocycles. The smallest absolute Gasteiger partial charge is 0.169 e. The van der Waals surface area contributed by atoms with E-state index in [9.17, 15) is 0 Å². The zero-order valence-electron chi connectivity index (χ0n) is 10.7. The monoisotopic (exact) mass is 395 g/mol. The van der Waals surface area contributed by atoms with Crippen LogP contribution in [0.2, 0.25) is 0 Å². The summed E-state index contributed by atoms with van der Waals surface area (Å²) in [6.45, 7) is 0. The van der Waals surface area contributed by atoms with Crippen molar-refractivity contribution in [1.29, 1.82) is 5.26 Å². The van der Waals surface area contributed by atoms with Crippen LogP contribution in [0.1, 0.15) is 11.1 Å². The summed E-state index contributed by atoms with van der Waals surface area (Å²) in [4.78, 5) is 0. The average Bonchev–Trinajstić information content (AvgIpc) is 2.49. The van der Waals surface area contributed by atoms with Crippen LogP contribution in [-0.4, -0.2) is 7.11 Å². The molecular weight excluding hydrogens is 386 g/mol. The van der Waals surface area contributed by atoms with Gasteiger partial charge in [-0.05, 0) is 30.3 Å². The van der Waals surface area contributed by atoms with E-state index in [4.69, 9.17) is 14.7 Å². The van der Waals surface area contributed by atoms with Crippen molar-refractivity contribution in [2.45, 2.75) is 5.33 Å². The summed E-state index contributed by atoms with van der Waals surface area (Å²) >= 11 is 6.87. The topological polar surface area (TPSA) is 42.2 Å². The van der Waals surface area contributed by atoms with Gasteiger partial charge in [-0.2, -0.15) is 5.26 Å². The Bertz CT molecular complexity index is 665.